The predicted molar refractivity (Wildman–Crippen MR) is 116 cm³/mol. The van der Waals surface area contributed by atoms with Gasteiger partial charge in [-0.3, -0.25) is 4.79 Å². The molecule has 0 bridgehead atoms. The Morgan fingerprint density at radius 3 is 2.24 bits per heavy atom. The van der Waals surface area contributed by atoms with Crippen molar-refractivity contribution in [2.45, 2.75) is 44.9 Å². The summed E-state index contributed by atoms with van der Waals surface area (Å²) in [5.74, 6) is 0.358. The smallest absolute Gasteiger partial charge is 0.234 e. The van der Waals surface area contributed by atoms with Gasteiger partial charge in [0.2, 0.25) is 5.91 Å². The predicted octanol–water partition coefficient (Wildman–Crippen LogP) is 6.86. The maximum Gasteiger partial charge on any atom is 0.234 e. The number of halogens is 2. The second-order valence-electron chi connectivity index (χ2n) is 7.17. The van der Waals surface area contributed by atoms with Crippen LogP contribution in [0.3, 0.4) is 0 Å². The zero-order valence-corrected chi connectivity index (χ0v) is 19.2. The van der Waals surface area contributed by atoms with E-state index in [0.29, 0.717) is 5.75 Å². The molecule has 0 saturated heterocycles. The molecule has 1 amide bonds. The molecule has 0 aliphatic rings. The van der Waals surface area contributed by atoms with Crippen LogP contribution in [0.2, 0.25) is 0 Å². The molecule has 134 valence electrons. The molecule has 0 aliphatic carbocycles. The van der Waals surface area contributed by atoms with Crippen molar-refractivity contribution in [1.82, 2.24) is 0 Å². The molecule has 0 atom stereocenters. The molecule has 1 N–H and O–H groups in total. The highest BCUT2D eigenvalue weighted by molar-refractivity contribution is 9.11. The molecular formula is C20H23Br2NOS. The van der Waals surface area contributed by atoms with Gasteiger partial charge in [0, 0.05) is 13.8 Å². The Morgan fingerprint density at radius 2 is 1.68 bits per heavy atom. The van der Waals surface area contributed by atoms with Gasteiger partial charge in [-0.1, -0.05) is 32.9 Å². The van der Waals surface area contributed by atoms with Crippen LogP contribution in [0.15, 0.2) is 44.2 Å². The van der Waals surface area contributed by atoms with Crippen LogP contribution in [0.25, 0.3) is 0 Å². The summed E-state index contributed by atoms with van der Waals surface area (Å²) in [7, 11) is 0. The van der Waals surface area contributed by atoms with Crippen molar-refractivity contribution in [1.29, 1.82) is 0 Å². The molecule has 0 saturated carbocycles. The van der Waals surface area contributed by atoms with Gasteiger partial charge in [-0.25, -0.2) is 0 Å². The van der Waals surface area contributed by atoms with Crippen molar-refractivity contribution >= 4 is 55.2 Å². The van der Waals surface area contributed by atoms with Crippen LogP contribution in [0.1, 0.15) is 37.5 Å². The minimum absolute atomic E-state index is 0.0178. The first-order chi connectivity index (χ1) is 11.6. The van der Waals surface area contributed by atoms with E-state index >= 15 is 0 Å². The molecule has 2 aromatic rings. The first-order valence-electron chi connectivity index (χ1n) is 8.07. The third kappa shape index (κ3) is 5.60. The molecule has 5 heteroatoms. The van der Waals surface area contributed by atoms with Gasteiger partial charge in [0.1, 0.15) is 0 Å². The topological polar surface area (TPSA) is 29.1 Å². The fourth-order valence-corrected chi connectivity index (χ4v) is 4.84. The standard InChI is InChI=1S/C20H23Br2NOS/c1-12-8-15(21)19(16(22)9-12)23-18(24)11-25-17-10-14(20(3,4)5)7-6-13(17)2/h6-10H,11H2,1-5H3,(H,23,24). The molecule has 0 heterocycles. The van der Waals surface area contributed by atoms with Gasteiger partial charge >= 0.3 is 0 Å². The highest BCUT2D eigenvalue weighted by Gasteiger charge is 2.16. The van der Waals surface area contributed by atoms with E-state index in [1.807, 2.05) is 19.1 Å². The summed E-state index contributed by atoms with van der Waals surface area (Å²) in [4.78, 5) is 13.6. The molecule has 0 radical (unpaired) electrons. The lowest BCUT2D eigenvalue weighted by atomic mass is 9.87. The van der Waals surface area contributed by atoms with Gasteiger partial charge < -0.3 is 5.32 Å². The largest absolute Gasteiger partial charge is 0.323 e. The highest BCUT2D eigenvalue weighted by atomic mass is 79.9. The highest BCUT2D eigenvalue weighted by Crippen LogP contribution is 2.33. The Morgan fingerprint density at radius 1 is 1.08 bits per heavy atom. The van der Waals surface area contributed by atoms with E-state index < -0.39 is 0 Å². The van der Waals surface area contributed by atoms with E-state index in [0.717, 1.165) is 25.1 Å². The van der Waals surface area contributed by atoms with Gasteiger partial charge in [0.15, 0.2) is 0 Å². The number of rotatable bonds is 4. The average molecular weight is 485 g/mol. The minimum Gasteiger partial charge on any atom is -0.323 e. The quantitative estimate of drug-likeness (QED) is 0.480. The van der Waals surface area contributed by atoms with Gasteiger partial charge in [0.25, 0.3) is 0 Å². The van der Waals surface area contributed by atoms with Gasteiger partial charge in [-0.15, -0.1) is 11.8 Å². The number of nitrogens with one attached hydrogen (secondary N) is 1. The Bertz CT molecular complexity index is 774. The molecule has 0 unspecified atom stereocenters. The second-order valence-corrected chi connectivity index (χ2v) is 9.90. The molecular weight excluding hydrogens is 462 g/mol. The monoisotopic (exact) mass is 483 g/mol. The first kappa shape index (κ1) is 20.5. The van der Waals surface area contributed by atoms with Crippen LogP contribution in [-0.4, -0.2) is 11.7 Å². The molecule has 2 rings (SSSR count). The summed E-state index contributed by atoms with van der Waals surface area (Å²) in [5, 5.41) is 2.99. The van der Waals surface area contributed by atoms with Crippen molar-refractivity contribution in [3.05, 3.63) is 56.0 Å². The number of anilines is 1. The normalized spacial score (nSPS) is 11.5. The molecule has 0 aliphatic heterocycles. The van der Waals surface area contributed by atoms with Crippen molar-refractivity contribution in [3.8, 4) is 0 Å². The number of hydrogen-bond acceptors (Lipinski definition) is 2. The number of aryl methyl sites for hydroxylation is 2. The van der Waals surface area contributed by atoms with Gasteiger partial charge in [-0.05, 0) is 86.0 Å². The number of amides is 1. The molecule has 0 fully saturated rings. The maximum absolute atomic E-state index is 12.4. The SMILES string of the molecule is Cc1cc(Br)c(NC(=O)CSc2cc(C(C)(C)C)ccc2C)c(Br)c1. The fraction of sp³-hybridized carbons (Fsp3) is 0.350. The molecule has 25 heavy (non-hydrogen) atoms. The van der Waals surface area contributed by atoms with Crippen molar-refractivity contribution in [2.75, 3.05) is 11.1 Å². The van der Waals surface area contributed by atoms with Crippen LogP contribution >= 0.6 is 43.6 Å². The fourth-order valence-electron chi connectivity index (χ4n) is 2.36. The molecule has 0 spiro atoms. The van der Waals surface area contributed by atoms with Crippen LogP contribution in [0, 0.1) is 13.8 Å². The van der Waals surface area contributed by atoms with Crippen molar-refractivity contribution in [2.24, 2.45) is 0 Å². The first-order valence-corrected chi connectivity index (χ1v) is 10.6. The van der Waals surface area contributed by atoms with Crippen LogP contribution in [-0.2, 0) is 10.2 Å². The number of carbonyl (C=O) groups is 1. The van der Waals surface area contributed by atoms with E-state index in [1.165, 1.54) is 11.1 Å². The zero-order chi connectivity index (χ0) is 18.8. The molecule has 2 aromatic carbocycles. The molecule has 2 nitrogen and oxygen atoms in total. The second kappa shape index (κ2) is 8.28. The number of hydrogen-bond donors (Lipinski definition) is 1. The Kier molecular flexibility index (Phi) is 6.80. The Labute approximate surface area is 171 Å². The van der Waals surface area contributed by atoms with Crippen molar-refractivity contribution in [3.63, 3.8) is 0 Å². The lowest BCUT2D eigenvalue weighted by Crippen LogP contribution is -2.15. The summed E-state index contributed by atoms with van der Waals surface area (Å²) >= 11 is 8.60. The number of carbonyl (C=O) groups excluding carboxylic acids is 1. The number of thioether (sulfide) groups is 1. The minimum atomic E-state index is -0.0178. The third-order valence-electron chi connectivity index (χ3n) is 3.86. The van der Waals surface area contributed by atoms with E-state index in [9.17, 15) is 4.79 Å². The lowest BCUT2D eigenvalue weighted by molar-refractivity contribution is -0.113. The van der Waals surface area contributed by atoms with Gasteiger partial charge in [-0.2, -0.15) is 0 Å². The number of benzene rings is 2. The summed E-state index contributed by atoms with van der Waals surface area (Å²) in [6.07, 6.45) is 0. The van der Waals surface area contributed by atoms with Crippen LogP contribution in [0.5, 0.6) is 0 Å². The Hall–Kier alpha value is -0.780. The third-order valence-corrected chi connectivity index (χ3v) is 6.27. The van der Waals surface area contributed by atoms with E-state index in [2.05, 4.69) is 83.1 Å². The summed E-state index contributed by atoms with van der Waals surface area (Å²) in [6, 6.07) is 10.5. The summed E-state index contributed by atoms with van der Waals surface area (Å²) in [6.45, 7) is 10.7. The van der Waals surface area contributed by atoms with Gasteiger partial charge in [0.05, 0.1) is 11.4 Å². The van der Waals surface area contributed by atoms with Crippen molar-refractivity contribution < 1.29 is 4.79 Å². The van der Waals surface area contributed by atoms with Crippen LogP contribution < -0.4 is 5.32 Å². The van der Waals surface area contributed by atoms with E-state index in [-0.39, 0.29) is 11.3 Å². The average Bonchev–Trinajstić information content (AvgIpc) is 2.48. The lowest BCUT2D eigenvalue weighted by Gasteiger charge is -2.20. The van der Waals surface area contributed by atoms with E-state index in [4.69, 9.17) is 0 Å². The van der Waals surface area contributed by atoms with E-state index in [1.54, 1.807) is 11.8 Å². The van der Waals surface area contributed by atoms with Crippen LogP contribution in [0.4, 0.5) is 5.69 Å². The summed E-state index contributed by atoms with van der Waals surface area (Å²) < 4.78 is 1.76. The maximum atomic E-state index is 12.4. The zero-order valence-electron chi connectivity index (χ0n) is 15.2. The molecule has 0 aromatic heterocycles. The summed E-state index contributed by atoms with van der Waals surface area (Å²) in [5.41, 5.74) is 4.48. The Balaban J connectivity index is 2.08.